The van der Waals surface area contributed by atoms with Crippen LogP contribution in [0, 0.1) is 27.7 Å². The topological polar surface area (TPSA) is 3.24 Å². The van der Waals surface area contributed by atoms with Crippen LogP contribution >= 0.6 is 0 Å². The lowest BCUT2D eigenvalue weighted by Gasteiger charge is -2.28. The first-order chi connectivity index (χ1) is 18.0. The number of fused-ring (bicyclic) bond motifs is 2. The number of anilines is 3. The highest BCUT2D eigenvalue weighted by molar-refractivity contribution is 6.35. The van der Waals surface area contributed by atoms with Gasteiger partial charge in [0.05, 0.1) is 5.69 Å². The van der Waals surface area contributed by atoms with Gasteiger partial charge in [0.1, 0.15) is 0 Å². The molecular weight excluding hydrogens is 446 g/mol. The van der Waals surface area contributed by atoms with Crippen LogP contribution in [0.5, 0.6) is 0 Å². The maximum Gasteiger partial charge on any atom is 0.0540 e. The van der Waals surface area contributed by atoms with Gasteiger partial charge >= 0.3 is 0 Å². The van der Waals surface area contributed by atoms with Crippen LogP contribution in [0.3, 0.4) is 0 Å². The van der Waals surface area contributed by atoms with Crippen molar-refractivity contribution in [2.75, 3.05) is 4.90 Å². The Hall–Kier alpha value is -4.36. The summed E-state index contributed by atoms with van der Waals surface area (Å²) in [5.74, 6) is 0. The van der Waals surface area contributed by atoms with Crippen molar-refractivity contribution in [2.24, 2.45) is 0 Å². The fraction of sp³-hybridized carbons (Fsp3) is 0.111. The quantitative estimate of drug-likeness (QED) is 0.181. The SMILES string of the molecule is Cc1ccc(N(c2ccc(C)cc2)c2ccc3c4c(C)ccc5cccc(c6c(C)ccc2c36)c54)cc1. The second-order valence-electron chi connectivity index (χ2n) is 10.5. The van der Waals surface area contributed by atoms with Gasteiger partial charge in [0.2, 0.25) is 0 Å². The number of aryl methyl sites for hydroxylation is 4. The summed E-state index contributed by atoms with van der Waals surface area (Å²) in [7, 11) is 0. The van der Waals surface area contributed by atoms with E-state index >= 15 is 0 Å². The van der Waals surface area contributed by atoms with Crippen molar-refractivity contribution in [3.63, 3.8) is 0 Å². The van der Waals surface area contributed by atoms with Gasteiger partial charge in [-0.1, -0.05) is 83.9 Å². The zero-order valence-electron chi connectivity index (χ0n) is 21.8. The molecule has 178 valence electrons. The summed E-state index contributed by atoms with van der Waals surface area (Å²) in [6, 6.07) is 38.3. The van der Waals surface area contributed by atoms with Crippen LogP contribution in [-0.2, 0) is 0 Å². The maximum atomic E-state index is 2.41. The average molecular weight is 476 g/mol. The van der Waals surface area contributed by atoms with Crippen molar-refractivity contribution >= 4 is 60.2 Å². The zero-order valence-corrected chi connectivity index (χ0v) is 21.8. The number of benzene rings is 7. The third-order valence-corrected chi connectivity index (χ3v) is 7.98. The van der Waals surface area contributed by atoms with E-state index in [9.17, 15) is 0 Å². The molecule has 0 unspecified atom stereocenters. The van der Waals surface area contributed by atoms with Crippen molar-refractivity contribution in [1.29, 1.82) is 0 Å². The average Bonchev–Trinajstić information content (AvgIpc) is 2.91. The van der Waals surface area contributed by atoms with E-state index in [1.807, 2.05) is 0 Å². The first kappa shape index (κ1) is 21.9. The van der Waals surface area contributed by atoms with Gasteiger partial charge in [0.25, 0.3) is 0 Å². The molecule has 7 aromatic rings. The normalized spacial score (nSPS) is 11.8. The molecule has 0 atom stereocenters. The van der Waals surface area contributed by atoms with Crippen molar-refractivity contribution in [3.05, 3.63) is 125 Å². The van der Waals surface area contributed by atoms with Crippen LogP contribution in [0.4, 0.5) is 17.1 Å². The fourth-order valence-electron chi connectivity index (χ4n) is 6.14. The molecule has 0 aliphatic heterocycles. The number of rotatable bonds is 3. The van der Waals surface area contributed by atoms with Crippen LogP contribution in [0.25, 0.3) is 43.1 Å². The molecule has 0 fully saturated rings. The first-order valence-corrected chi connectivity index (χ1v) is 13.0. The molecule has 0 aliphatic rings. The van der Waals surface area contributed by atoms with Gasteiger partial charge in [-0.05, 0) is 107 Å². The van der Waals surface area contributed by atoms with Gasteiger partial charge in [0.15, 0.2) is 0 Å². The molecule has 0 spiro atoms. The molecule has 0 saturated carbocycles. The van der Waals surface area contributed by atoms with E-state index in [2.05, 4.69) is 136 Å². The van der Waals surface area contributed by atoms with E-state index < -0.39 is 0 Å². The molecular formula is C36H29N. The molecule has 0 aromatic heterocycles. The second kappa shape index (κ2) is 8.08. The van der Waals surface area contributed by atoms with E-state index in [-0.39, 0.29) is 0 Å². The molecule has 0 saturated heterocycles. The molecule has 0 aliphatic carbocycles. The summed E-state index contributed by atoms with van der Waals surface area (Å²) in [6.07, 6.45) is 0. The lowest BCUT2D eigenvalue weighted by atomic mass is 9.86. The minimum atomic E-state index is 1.17. The predicted octanol–water partition coefficient (Wildman–Crippen LogP) is 10.4. The molecule has 0 radical (unpaired) electrons. The second-order valence-corrected chi connectivity index (χ2v) is 10.5. The van der Waals surface area contributed by atoms with Crippen LogP contribution < -0.4 is 4.90 Å². The summed E-state index contributed by atoms with van der Waals surface area (Å²) in [6.45, 7) is 8.79. The molecule has 0 heterocycles. The van der Waals surface area contributed by atoms with Crippen molar-refractivity contribution < 1.29 is 0 Å². The Morgan fingerprint density at radius 2 is 0.946 bits per heavy atom. The Balaban J connectivity index is 1.64. The molecule has 0 N–H and O–H groups in total. The third kappa shape index (κ3) is 3.24. The molecule has 0 amide bonds. The van der Waals surface area contributed by atoms with Crippen LogP contribution in [0.15, 0.2) is 103 Å². The number of nitrogens with zero attached hydrogens (tertiary/aromatic N) is 1. The highest BCUT2D eigenvalue weighted by Gasteiger charge is 2.21. The summed E-state index contributed by atoms with van der Waals surface area (Å²) in [5.41, 5.74) is 8.72. The molecule has 37 heavy (non-hydrogen) atoms. The third-order valence-electron chi connectivity index (χ3n) is 7.98. The Bertz CT molecular complexity index is 1900. The largest absolute Gasteiger partial charge is 0.310 e. The Labute approximate surface area is 217 Å². The standard InChI is InChI=1S/C36H29N/c1-22-8-15-27(16-9-22)37(28-17-10-23(2)11-18-28)32-21-20-31-33-24(3)12-14-26-6-5-7-30(35(26)33)34-25(4)13-19-29(32)36(31)34/h5-21H,1-4H3. The van der Waals surface area contributed by atoms with E-state index in [1.54, 1.807) is 0 Å². The van der Waals surface area contributed by atoms with Crippen LogP contribution in [0.1, 0.15) is 22.3 Å². The minimum Gasteiger partial charge on any atom is -0.310 e. The summed E-state index contributed by atoms with van der Waals surface area (Å²) < 4.78 is 0. The number of hydrogen-bond donors (Lipinski definition) is 0. The molecule has 1 nitrogen and oxygen atoms in total. The van der Waals surface area contributed by atoms with Crippen molar-refractivity contribution in [2.45, 2.75) is 27.7 Å². The van der Waals surface area contributed by atoms with E-state index in [0.29, 0.717) is 0 Å². The van der Waals surface area contributed by atoms with E-state index in [0.717, 1.165) is 0 Å². The Kier molecular flexibility index (Phi) is 4.78. The Morgan fingerprint density at radius 1 is 0.405 bits per heavy atom. The maximum absolute atomic E-state index is 2.41. The molecule has 0 bridgehead atoms. The van der Waals surface area contributed by atoms with Gasteiger partial charge in [0, 0.05) is 16.8 Å². The van der Waals surface area contributed by atoms with Gasteiger partial charge < -0.3 is 4.90 Å². The molecule has 7 aromatic carbocycles. The van der Waals surface area contributed by atoms with Gasteiger partial charge in [-0.25, -0.2) is 0 Å². The van der Waals surface area contributed by atoms with Crippen molar-refractivity contribution in [1.82, 2.24) is 0 Å². The predicted molar refractivity (Wildman–Crippen MR) is 161 cm³/mol. The van der Waals surface area contributed by atoms with Gasteiger partial charge in [-0.15, -0.1) is 0 Å². The lowest BCUT2D eigenvalue weighted by molar-refractivity contribution is 1.28. The minimum absolute atomic E-state index is 1.17. The van der Waals surface area contributed by atoms with Crippen LogP contribution in [0.2, 0.25) is 0 Å². The van der Waals surface area contributed by atoms with Gasteiger partial charge in [-0.2, -0.15) is 0 Å². The smallest absolute Gasteiger partial charge is 0.0540 e. The summed E-state index contributed by atoms with van der Waals surface area (Å²) in [4.78, 5) is 2.41. The van der Waals surface area contributed by atoms with E-state index in [4.69, 9.17) is 0 Å². The van der Waals surface area contributed by atoms with Crippen LogP contribution in [-0.4, -0.2) is 0 Å². The zero-order chi connectivity index (χ0) is 25.3. The number of hydrogen-bond acceptors (Lipinski definition) is 1. The highest BCUT2D eigenvalue weighted by Crippen LogP contribution is 2.47. The summed E-state index contributed by atoms with van der Waals surface area (Å²) >= 11 is 0. The highest BCUT2D eigenvalue weighted by atomic mass is 15.1. The lowest BCUT2D eigenvalue weighted by Crippen LogP contribution is -2.10. The summed E-state index contributed by atoms with van der Waals surface area (Å²) in [5, 5.41) is 10.8. The monoisotopic (exact) mass is 475 g/mol. The molecule has 1 heteroatoms. The van der Waals surface area contributed by atoms with E-state index in [1.165, 1.54) is 82.4 Å². The van der Waals surface area contributed by atoms with Gasteiger partial charge in [-0.3, -0.25) is 0 Å². The first-order valence-electron chi connectivity index (χ1n) is 13.0. The van der Waals surface area contributed by atoms with Crippen molar-refractivity contribution in [3.8, 4) is 0 Å². The Morgan fingerprint density at radius 3 is 1.59 bits per heavy atom. The molecule has 7 rings (SSSR count). The fourth-order valence-corrected chi connectivity index (χ4v) is 6.14.